The molecule has 0 aliphatic heterocycles. The topological polar surface area (TPSA) is 90.6 Å². The van der Waals surface area contributed by atoms with Crippen LogP contribution in [0.2, 0.25) is 0 Å². The smallest absolute Gasteiger partial charge is 0.407 e. The van der Waals surface area contributed by atoms with Gasteiger partial charge in [0.25, 0.3) is 0 Å². The van der Waals surface area contributed by atoms with Crippen LogP contribution in [0.25, 0.3) is 0 Å². The number of rotatable bonds is 7. The second-order valence-corrected chi connectivity index (χ2v) is 6.27. The predicted octanol–water partition coefficient (Wildman–Crippen LogP) is 2.78. The van der Waals surface area contributed by atoms with Gasteiger partial charge in [-0.3, -0.25) is 4.79 Å². The maximum absolute atomic E-state index is 11.7. The Balaban J connectivity index is 0.00000529. The zero-order chi connectivity index (χ0) is 17.3. The van der Waals surface area contributed by atoms with Gasteiger partial charge in [0.2, 0.25) is 0 Å². The Kier molecular flexibility index (Phi) is 10.1. The van der Waals surface area contributed by atoms with Crippen molar-refractivity contribution in [3.05, 3.63) is 35.9 Å². The van der Waals surface area contributed by atoms with E-state index in [-0.39, 0.29) is 19.0 Å². The average molecular weight is 359 g/mol. The fraction of sp³-hybridized carbons (Fsp3) is 0.529. The highest BCUT2D eigenvalue weighted by atomic mass is 35.5. The van der Waals surface area contributed by atoms with E-state index in [2.05, 4.69) is 5.32 Å². The Hall–Kier alpha value is -1.79. The zero-order valence-electron chi connectivity index (χ0n) is 14.4. The summed E-state index contributed by atoms with van der Waals surface area (Å²) in [6.07, 6.45) is 0.522. The third-order valence-electron chi connectivity index (χ3n) is 2.88. The molecule has 1 atom stereocenters. The van der Waals surface area contributed by atoms with Gasteiger partial charge < -0.3 is 20.5 Å². The maximum Gasteiger partial charge on any atom is 0.407 e. The van der Waals surface area contributed by atoms with Gasteiger partial charge in [0.05, 0.1) is 0 Å². The van der Waals surface area contributed by atoms with Crippen molar-refractivity contribution in [2.24, 2.45) is 5.73 Å². The minimum atomic E-state index is -0.684. The number of alkyl carbamates (subject to hydrolysis) is 1. The molecule has 0 saturated carbocycles. The maximum atomic E-state index is 11.7. The number of halogens is 1. The zero-order valence-corrected chi connectivity index (χ0v) is 15.2. The second-order valence-electron chi connectivity index (χ2n) is 6.27. The molecule has 7 heteroatoms. The van der Waals surface area contributed by atoms with Crippen molar-refractivity contribution in [3.63, 3.8) is 0 Å². The Labute approximate surface area is 149 Å². The molecule has 0 spiro atoms. The Morgan fingerprint density at radius 3 is 2.42 bits per heavy atom. The van der Waals surface area contributed by atoms with Crippen molar-refractivity contribution in [3.8, 4) is 0 Å². The summed E-state index contributed by atoms with van der Waals surface area (Å²) in [6.45, 7) is 6.00. The van der Waals surface area contributed by atoms with E-state index >= 15 is 0 Å². The quantitative estimate of drug-likeness (QED) is 0.577. The third-order valence-corrected chi connectivity index (χ3v) is 2.88. The molecular formula is C17H27ClN2O4. The largest absolute Gasteiger partial charge is 0.459 e. The van der Waals surface area contributed by atoms with Crippen LogP contribution in [0.15, 0.2) is 30.3 Å². The van der Waals surface area contributed by atoms with E-state index in [0.717, 1.165) is 5.56 Å². The van der Waals surface area contributed by atoms with E-state index in [9.17, 15) is 9.59 Å². The van der Waals surface area contributed by atoms with Gasteiger partial charge in [-0.2, -0.15) is 0 Å². The van der Waals surface area contributed by atoms with Gasteiger partial charge in [-0.1, -0.05) is 30.3 Å². The minimum Gasteiger partial charge on any atom is -0.459 e. The number of carbonyl (C=O) groups is 2. The van der Waals surface area contributed by atoms with Gasteiger partial charge in [0.15, 0.2) is 0 Å². The molecule has 0 aromatic heterocycles. The van der Waals surface area contributed by atoms with E-state index < -0.39 is 23.7 Å². The van der Waals surface area contributed by atoms with Crippen molar-refractivity contribution in [1.29, 1.82) is 0 Å². The van der Waals surface area contributed by atoms with E-state index in [1.807, 2.05) is 30.3 Å². The summed E-state index contributed by atoms with van der Waals surface area (Å²) < 4.78 is 10.3. The molecule has 1 amide bonds. The standard InChI is InChI=1S/C17H26N2O4.ClH/c1-17(2,3)23-15(20)14(18)10-7-11-19-16(21)22-12-13-8-5-4-6-9-13;/h4-6,8-9,14H,7,10-12,18H2,1-3H3,(H,19,21);1H. The monoisotopic (exact) mass is 358 g/mol. The van der Waals surface area contributed by atoms with Crippen LogP contribution in [0.5, 0.6) is 0 Å². The molecule has 24 heavy (non-hydrogen) atoms. The van der Waals surface area contributed by atoms with E-state index in [1.165, 1.54) is 0 Å². The number of nitrogens with two attached hydrogens (primary N) is 1. The van der Waals surface area contributed by atoms with E-state index in [0.29, 0.717) is 19.4 Å². The molecule has 0 aliphatic carbocycles. The first-order chi connectivity index (χ1) is 10.8. The lowest BCUT2D eigenvalue weighted by Crippen LogP contribution is -2.38. The van der Waals surface area contributed by atoms with Crippen LogP contribution in [-0.4, -0.2) is 30.3 Å². The molecule has 136 valence electrons. The van der Waals surface area contributed by atoms with Gasteiger partial charge in [-0.25, -0.2) is 4.79 Å². The average Bonchev–Trinajstić information content (AvgIpc) is 2.48. The third kappa shape index (κ3) is 10.1. The van der Waals surface area contributed by atoms with Crippen LogP contribution in [0.1, 0.15) is 39.2 Å². The van der Waals surface area contributed by atoms with E-state index in [1.54, 1.807) is 20.8 Å². The van der Waals surface area contributed by atoms with Crippen molar-refractivity contribution < 1.29 is 19.1 Å². The van der Waals surface area contributed by atoms with Crippen LogP contribution < -0.4 is 11.1 Å². The Bertz CT molecular complexity index is 503. The van der Waals surface area contributed by atoms with Crippen molar-refractivity contribution in [2.45, 2.75) is 51.9 Å². The number of benzene rings is 1. The molecule has 3 N–H and O–H groups in total. The van der Waals surface area contributed by atoms with Crippen LogP contribution in [-0.2, 0) is 20.9 Å². The van der Waals surface area contributed by atoms with Gasteiger partial charge in [-0.15, -0.1) is 12.4 Å². The van der Waals surface area contributed by atoms with Gasteiger partial charge >= 0.3 is 12.1 Å². The summed E-state index contributed by atoms with van der Waals surface area (Å²) in [7, 11) is 0. The molecule has 6 nitrogen and oxygen atoms in total. The Morgan fingerprint density at radius 2 is 1.83 bits per heavy atom. The summed E-state index contributed by atoms with van der Waals surface area (Å²) in [6, 6.07) is 8.75. The lowest BCUT2D eigenvalue weighted by Gasteiger charge is -2.22. The molecule has 0 fully saturated rings. The fourth-order valence-corrected chi connectivity index (χ4v) is 1.78. The molecule has 0 aliphatic rings. The normalized spacial score (nSPS) is 11.8. The second kappa shape index (κ2) is 10.9. The molecule has 0 radical (unpaired) electrons. The molecular weight excluding hydrogens is 332 g/mol. The predicted molar refractivity (Wildman–Crippen MR) is 94.9 cm³/mol. The molecule has 1 rings (SSSR count). The fourth-order valence-electron chi connectivity index (χ4n) is 1.78. The lowest BCUT2D eigenvalue weighted by molar-refractivity contribution is -0.156. The lowest BCUT2D eigenvalue weighted by atomic mass is 10.1. The number of nitrogens with one attached hydrogen (secondary N) is 1. The van der Waals surface area contributed by atoms with Crippen LogP contribution in [0, 0.1) is 0 Å². The number of amides is 1. The molecule has 0 heterocycles. The highest BCUT2D eigenvalue weighted by molar-refractivity contribution is 5.85. The molecule has 0 saturated heterocycles. The van der Waals surface area contributed by atoms with Crippen molar-refractivity contribution in [1.82, 2.24) is 5.32 Å². The number of esters is 1. The first kappa shape index (κ1) is 22.2. The van der Waals surface area contributed by atoms with Gasteiger partial charge in [0, 0.05) is 6.54 Å². The van der Waals surface area contributed by atoms with Crippen LogP contribution in [0.4, 0.5) is 4.79 Å². The summed E-state index contributed by atoms with van der Waals surface area (Å²) >= 11 is 0. The first-order valence-electron chi connectivity index (χ1n) is 7.71. The number of carbonyl (C=O) groups excluding carboxylic acids is 2. The summed E-state index contributed by atoms with van der Waals surface area (Å²) in [5.41, 5.74) is 6.14. The highest BCUT2D eigenvalue weighted by Gasteiger charge is 2.21. The summed E-state index contributed by atoms with van der Waals surface area (Å²) in [5.74, 6) is -0.427. The van der Waals surface area contributed by atoms with Crippen molar-refractivity contribution >= 4 is 24.5 Å². The van der Waals surface area contributed by atoms with Gasteiger partial charge in [-0.05, 0) is 39.2 Å². The molecule has 0 bridgehead atoms. The number of hydrogen-bond donors (Lipinski definition) is 2. The highest BCUT2D eigenvalue weighted by Crippen LogP contribution is 2.09. The molecule has 1 unspecified atom stereocenters. The SMILES string of the molecule is CC(C)(C)OC(=O)C(N)CCCNC(=O)OCc1ccccc1.Cl. The number of hydrogen-bond acceptors (Lipinski definition) is 5. The minimum absolute atomic E-state index is 0. The summed E-state index contributed by atoms with van der Waals surface area (Å²) in [4.78, 5) is 23.2. The van der Waals surface area contributed by atoms with Crippen LogP contribution in [0.3, 0.4) is 0 Å². The van der Waals surface area contributed by atoms with Gasteiger partial charge in [0.1, 0.15) is 18.2 Å². The Morgan fingerprint density at radius 1 is 1.21 bits per heavy atom. The van der Waals surface area contributed by atoms with Crippen molar-refractivity contribution in [2.75, 3.05) is 6.54 Å². The first-order valence-corrected chi connectivity index (χ1v) is 7.71. The van der Waals surface area contributed by atoms with Crippen LogP contribution >= 0.6 is 12.4 Å². The summed E-state index contributed by atoms with van der Waals surface area (Å²) in [5, 5.41) is 2.63. The molecule has 1 aromatic carbocycles. The molecule has 1 aromatic rings. The number of ether oxygens (including phenoxy) is 2. The van der Waals surface area contributed by atoms with E-state index in [4.69, 9.17) is 15.2 Å².